The first-order valence-electron chi connectivity index (χ1n) is 32.8. The fraction of sp³-hybridized carbons (Fsp3) is 0.667. The van der Waals surface area contributed by atoms with E-state index in [1.165, 1.54) is 19.3 Å². The third kappa shape index (κ3) is 63.3. The quantitative estimate of drug-likeness (QED) is 0.0146. The van der Waals surface area contributed by atoms with Crippen molar-refractivity contribution in [1.29, 1.82) is 0 Å². The van der Waals surface area contributed by atoms with E-state index in [9.17, 15) is 43.5 Å². The van der Waals surface area contributed by atoms with Gasteiger partial charge in [0.05, 0.1) is 26.4 Å². The fourth-order valence-corrected chi connectivity index (χ4v) is 9.75. The van der Waals surface area contributed by atoms with Crippen molar-refractivity contribution in [3.8, 4) is 0 Å². The van der Waals surface area contributed by atoms with Gasteiger partial charge in [-0.25, -0.2) is 9.13 Å². The first-order chi connectivity index (χ1) is 42.2. The summed E-state index contributed by atoms with van der Waals surface area (Å²) in [6, 6.07) is 0. The molecule has 0 aromatic carbocycles. The van der Waals surface area contributed by atoms with Gasteiger partial charge < -0.3 is 34.2 Å². The SMILES string of the molecule is CC/C=C\C/C=C\C/C=C\C/C=C\C/C=C\CCCCCC(=O)OCC(O)COP(=O)(O)OCC(O)COP(=O)(O)OCC(COC(=O)CCCCCCCCC/C=C\C/C=C\C/C=C\CC)OC(=O)CCCCCCC/C=C\C/C=C\CCCCC. The van der Waals surface area contributed by atoms with E-state index >= 15 is 0 Å². The maximum Gasteiger partial charge on any atom is 0.472 e. The number of carbonyl (C=O) groups excluding carboxylic acids is 3. The van der Waals surface area contributed by atoms with Crippen molar-refractivity contribution in [3.63, 3.8) is 0 Å². The minimum Gasteiger partial charge on any atom is -0.463 e. The monoisotopic (exact) mass is 1260 g/mol. The second-order valence-electron chi connectivity index (χ2n) is 21.5. The topological polar surface area (TPSA) is 231 Å². The van der Waals surface area contributed by atoms with Gasteiger partial charge in [0.2, 0.25) is 0 Å². The van der Waals surface area contributed by atoms with Gasteiger partial charge in [0.1, 0.15) is 25.4 Å². The lowest BCUT2D eigenvalue weighted by Crippen LogP contribution is -2.30. The normalized spacial score (nSPS) is 15.1. The van der Waals surface area contributed by atoms with Crippen LogP contribution in [-0.2, 0) is 55.8 Å². The number of ether oxygens (including phenoxy) is 3. The maximum absolute atomic E-state index is 12.9. The Bertz CT molecular complexity index is 2070. The maximum atomic E-state index is 12.9. The van der Waals surface area contributed by atoms with Crippen molar-refractivity contribution in [2.75, 3.05) is 39.6 Å². The van der Waals surface area contributed by atoms with Crippen molar-refractivity contribution < 1.29 is 75.8 Å². The highest BCUT2D eigenvalue weighted by Crippen LogP contribution is 2.45. The Hall–Kier alpha value is -4.05. The van der Waals surface area contributed by atoms with Gasteiger partial charge in [0.25, 0.3) is 0 Å². The zero-order valence-corrected chi connectivity index (χ0v) is 55.4. The molecule has 0 aromatic heterocycles. The predicted octanol–water partition coefficient (Wildman–Crippen LogP) is 17.9. The number of esters is 3. The molecule has 0 aliphatic rings. The Morgan fingerprint density at radius 2 is 0.609 bits per heavy atom. The zero-order chi connectivity index (χ0) is 63.8. The van der Waals surface area contributed by atoms with Crippen LogP contribution >= 0.6 is 15.6 Å². The van der Waals surface area contributed by atoms with Gasteiger partial charge in [-0.2, -0.15) is 0 Å². The summed E-state index contributed by atoms with van der Waals surface area (Å²) in [6.07, 6.45) is 69.6. The molecule has 0 radical (unpaired) electrons. The summed E-state index contributed by atoms with van der Waals surface area (Å²) in [5.74, 6) is -1.64. The number of aliphatic hydroxyl groups excluding tert-OH is 2. The number of allylic oxidation sites excluding steroid dienone is 20. The summed E-state index contributed by atoms with van der Waals surface area (Å²) in [5, 5.41) is 20.5. The van der Waals surface area contributed by atoms with Crippen LogP contribution in [0.3, 0.4) is 0 Å². The highest BCUT2D eigenvalue weighted by molar-refractivity contribution is 7.47. The van der Waals surface area contributed by atoms with E-state index in [0.717, 1.165) is 161 Å². The molecule has 0 saturated heterocycles. The summed E-state index contributed by atoms with van der Waals surface area (Å²) in [5.41, 5.74) is 0. The predicted molar refractivity (Wildman–Crippen MR) is 353 cm³/mol. The molecule has 18 heteroatoms. The average molecular weight is 1260 g/mol. The second kappa shape index (κ2) is 62.2. The van der Waals surface area contributed by atoms with Crippen LogP contribution in [0.2, 0.25) is 0 Å². The molecular formula is C69H116O16P2. The molecule has 0 aliphatic heterocycles. The first kappa shape index (κ1) is 83.0. The lowest BCUT2D eigenvalue weighted by molar-refractivity contribution is -0.161. The molecule has 0 fully saturated rings. The van der Waals surface area contributed by atoms with Crippen LogP contribution in [0, 0.1) is 0 Å². The molecule has 87 heavy (non-hydrogen) atoms. The van der Waals surface area contributed by atoms with Crippen LogP contribution in [0.5, 0.6) is 0 Å². The van der Waals surface area contributed by atoms with Crippen LogP contribution in [-0.4, -0.2) is 95.9 Å². The number of phosphoric acid groups is 2. The molecule has 5 atom stereocenters. The molecule has 16 nitrogen and oxygen atoms in total. The molecule has 0 saturated carbocycles. The van der Waals surface area contributed by atoms with E-state index < -0.39 is 91.5 Å². The van der Waals surface area contributed by atoms with E-state index in [0.29, 0.717) is 19.3 Å². The number of aliphatic hydroxyl groups is 2. The van der Waals surface area contributed by atoms with Gasteiger partial charge in [-0.3, -0.25) is 32.5 Å². The number of hydrogen-bond acceptors (Lipinski definition) is 14. The second-order valence-corrected chi connectivity index (χ2v) is 24.4. The molecule has 5 unspecified atom stereocenters. The van der Waals surface area contributed by atoms with Gasteiger partial charge in [0.15, 0.2) is 6.10 Å². The summed E-state index contributed by atoms with van der Waals surface area (Å²) in [4.78, 5) is 58.3. The number of rotatable bonds is 61. The smallest absolute Gasteiger partial charge is 0.463 e. The zero-order valence-electron chi connectivity index (χ0n) is 53.6. The molecule has 0 rings (SSSR count). The highest BCUT2D eigenvalue weighted by Gasteiger charge is 2.29. The van der Waals surface area contributed by atoms with Gasteiger partial charge in [-0.15, -0.1) is 0 Å². The van der Waals surface area contributed by atoms with Crippen molar-refractivity contribution in [2.45, 2.75) is 257 Å². The number of phosphoric ester groups is 2. The van der Waals surface area contributed by atoms with Crippen LogP contribution in [0.25, 0.3) is 0 Å². The van der Waals surface area contributed by atoms with Gasteiger partial charge in [0, 0.05) is 19.3 Å². The minimum absolute atomic E-state index is 0.0826. The Balaban J connectivity index is 4.74. The average Bonchev–Trinajstić information content (AvgIpc) is 3.68. The lowest BCUT2D eigenvalue weighted by Gasteiger charge is -2.21. The minimum atomic E-state index is -4.93. The van der Waals surface area contributed by atoms with E-state index in [2.05, 4.69) is 142 Å². The molecule has 0 aromatic rings. The summed E-state index contributed by atoms with van der Waals surface area (Å²) in [7, 11) is -9.79. The summed E-state index contributed by atoms with van der Waals surface area (Å²) in [6.45, 7) is 2.33. The largest absolute Gasteiger partial charge is 0.472 e. The van der Waals surface area contributed by atoms with Crippen molar-refractivity contribution in [2.24, 2.45) is 0 Å². The first-order valence-corrected chi connectivity index (χ1v) is 35.8. The van der Waals surface area contributed by atoms with Crippen molar-refractivity contribution in [1.82, 2.24) is 0 Å². The lowest BCUT2D eigenvalue weighted by atomic mass is 10.1. The van der Waals surface area contributed by atoms with E-state index in [1.807, 2.05) is 0 Å². The van der Waals surface area contributed by atoms with Crippen molar-refractivity contribution in [3.05, 3.63) is 122 Å². The molecule has 0 aliphatic carbocycles. The Labute approximate surface area is 525 Å². The molecule has 0 bridgehead atoms. The number of unbranched alkanes of at least 4 members (excludes halogenated alkanes) is 18. The summed E-state index contributed by atoms with van der Waals surface area (Å²) < 4.78 is 60.8. The Kier molecular flexibility index (Phi) is 59.3. The van der Waals surface area contributed by atoms with Crippen LogP contribution in [0.4, 0.5) is 0 Å². The third-order valence-electron chi connectivity index (χ3n) is 13.2. The Morgan fingerprint density at radius 1 is 0.333 bits per heavy atom. The number of hydrogen-bond donors (Lipinski definition) is 4. The van der Waals surface area contributed by atoms with E-state index in [1.54, 1.807) is 0 Å². The molecule has 0 spiro atoms. The molecule has 0 heterocycles. The van der Waals surface area contributed by atoms with Gasteiger partial charge in [-0.1, -0.05) is 213 Å². The molecular weight excluding hydrogens is 1150 g/mol. The molecule has 4 N–H and O–H groups in total. The van der Waals surface area contributed by atoms with E-state index in [4.69, 9.17) is 32.3 Å². The summed E-state index contributed by atoms with van der Waals surface area (Å²) >= 11 is 0. The van der Waals surface area contributed by atoms with Crippen LogP contribution in [0.15, 0.2) is 122 Å². The standard InChI is InChI=1S/C69H116O16P2/c1-4-7-10-13-16-19-22-25-28-30-31-33-36-37-40-43-46-49-52-55-67(72)79-58-64(70)59-81-86(75,76)82-60-65(71)61-83-87(77,78)84-63-66(85-69(74)57-54-51-48-45-42-39-34-27-24-21-18-15-12-9-6-3)62-80-68(73)56-53-50-47-44-41-38-35-32-29-26-23-20-17-14-11-8-5-2/h7-8,10-11,16-21,25-29,31,33-34,37,40,64-66,70-71H,4-6,9,12-15,22-24,30,32,35-36,38-39,41-63H2,1-3H3,(H,75,76)(H,77,78)/b10-7-,11-8-,19-16-,20-17-,21-18-,28-25-,29-26-,33-31-,34-27-,40-37-. The highest BCUT2D eigenvalue weighted by atomic mass is 31.2. The van der Waals surface area contributed by atoms with Crippen molar-refractivity contribution >= 4 is 33.6 Å². The van der Waals surface area contributed by atoms with Gasteiger partial charge >= 0.3 is 33.6 Å². The van der Waals surface area contributed by atoms with Crippen LogP contribution in [0.1, 0.15) is 239 Å². The van der Waals surface area contributed by atoms with Crippen LogP contribution < -0.4 is 0 Å². The van der Waals surface area contributed by atoms with Gasteiger partial charge in [-0.05, 0) is 128 Å². The fourth-order valence-electron chi connectivity index (χ4n) is 8.17. The van der Waals surface area contributed by atoms with E-state index in [-0.39, 0.29) is 19.3 Å². The third-order valence-corrected chi connectivity index (χ3v) is 15.1. The molecule has 498 valence electrons. The molecule has 0 amide bonds. The Morgan fingerprint density at radius 3 is 0.977 bits per heavy atom. The number of carbonyl (C=O) groups is 3.